The van der Waals surface area contributed by atoms with E-state index in [0.29, 0.717) is 28.9 Å². The van der Waals surface area contributed by atoms with E-state index >= 15 is 0 Å². The maximum Gasteiger partial charge on any atom is 0.261 e. The lowest BCUT2D eigenvalue weighted by atomic mass is 10.2. The smallest absolute Gasteiger partial charge is 0.261 e. The molecule has 3 aromatic rings. The molecule has 3 rings (SSSR count). The van der Waals surface area contributed by atoms with E-state index in [-0.39, 0.29) is 12.5 Å². The first-order valence-corrected chi connectivity index (χ1v) is 8.98. The lowest BCUT2D eigenvalue weighted by Crippen LogP contribution is -2.37. The second-order valence-electron chi connectivity index (χ2n) is 5.15. The molecule has 0 saturated carbocycles. The zero-order chi connectivity index (χ0) is 17.6. The topological polar surface area (TPSA) is 77.2 Å². The molecule has 25 heavy (non-hydrogen) atoms. The molecule has 0 fully saturated rings. The Kier molecular flexibility index (Phi) is 5.67. The van der Waals surface area contributed by atoms with Gasteiger partial charge in [0.15, 0.2) is 6.10 Å². The molecular weight excluding hydrogens is 362 g/mol. The monoisotopic (exact) mass is 377 g/mol. The van der Waals surface area contributed by atoms with Gasteiger partial charge in [-0.15, -0.1) is 11.3 Å². The predicted molar refractivity (Wildman–Crippen MR) is 95.6 cm³/mol. The van der Waals surface area contributed by atoms with Gasteiger partial charge in [0.05, 0.1) is 16.4 Å². The Labute approximate surface area is 153 Å². The van der Waals surface area contributed by atoms with Gasteiger partial charge in [-0.1, -0.05) is 41.9 Å². The number of amides is 1. The molecular formula is C17H16ClN3O3S. The number of ether oxygens (including phenoxy) is 1. The van der Waals surface area contributed by atoms with Gasteiger partial charge in [-0.25, -0.2) is 0 Å². The van der Waals surface area contributed by atoms with Crippen molar-refractivity contribution in [2.24, 2.45) is 0 Å². The highest BCUT2D eigenvalue weighted by Gasteiger charge is 2.20. The van der Waals surface area contributed by atoms with Gasteiger partial charge in [-0.3, -0.25) is 4.79 Å². The van der Waals surface area contributed by atoms with Crippen LogP contribution in [0.3, 0.4) is 0 Å². The first-order chi connectivity index (χ1) is 12.2. The molecule has 130 valence electrons. The van der Waals surface area contributed by atoms with Gasteiger partial charge in [-0.2, -0.15) is 4.98 Å². The zero-order valence-corrected chi connectivity index (χ0v) is 15.0. The maximum atomic E-state index is 12.3. The van der Waals surface area contributed by atoms with E-state index in [2.05, 4.69) is 15.5 Å². The van der Waals surface area contributed by atoms with Crippen LogP contribution in [-0.2, 0) is 11.3 Å². The Hall–Kier alpha value is -2.38. The summed E-state index contributed by atoms with van der Waals surface area (Å²) in [4.78, 5) is 17.5. The van der Waals surface area contributed by atoms with Gasteiger partial charge < -0.3 is 14.6 Å². The first-order valence-electron chi connectivity index (χ1n) is 7.72. The summed E-state index contributed by atoms with van der Waals surface area (Å²) in [5.41, 5.74) is 0. The number of hydrogen-bond acceptors (Lipinski definition) is 6. The van der Waals surface area contributed by atoms with Gasteiger partial charge in [0, 0.05) is 0 Å². The van der Waals surface area contributed by atoms with Crippen LogP contribution in [0, 0.1) is 0 Å². The van der Waals surface area contributed by atoms with Crippen LogP contribution in [0.1, 0.15) is 19.2 Å². The molecule has 0 spiro atoms. The summed E-state index contributed by atoms with van der Waals surface area (Å²) in [6, 6.07) is 10.9. The van der Waals surface area contributed by atoms with Crippen molar-refractivity contribution in [1.82, 2.24) is 15.5 Å². The second kappa shape index (κ2) is 8.13. The van der Waals surface area contributed by atoms with Crippen LogP contribution < -0.4 is 10.1 Å². The largest absolute Gasteiger partial charge is 0.479 e. The van der Waals surface area contributed by atoms with E-state index in [1.54, 1.807) is 24.3 Å². The highest BCUT2D eigenvalue weighted by atomic mass is 35.5. The van der Waals surface area contributed by atoms with Crippen molar-refractivity contribution in [3.05, 3.63) is 52.7 Å². The molecule has 1 aromatic carbocycles. The van der Waals surface area contributed by atoms with E-state index in [0.717, 1.165) is 4.88 Å². The van der Waals surface area contributed by atoms with Crippen LogP contribution in [-0.4, -0.2) is 22.2 Å². The van der Waals surface area contributed by atoms with Crippen molar-refractivity contribution < 1.29 is 14.1 Å². The second-order valence-corrected chi connectivity index (χ2v) is 6.51. The summed E-state index contributed by atoms with van der Waals surface area (Å²) in [5, 5.41) is 9.05. The fraction of sp³-hybridized carbons (Fsp3) is 0.235. The Morgan fingerprint density at radius 1 is 1.36 bits per heavy atom. The van der Waals surface area contributed by atoms with E-state index in [1.807, 2.05) is 24.4 Å². The van der Waals surface area contributed by atoms with Gasteiger partial charge in [-0.05, 0) is 30.0 Å². The van der Waals surface area contributed by atoms with E-state index in [9.17, 15) is 4.79 Å². The Morgan fingerprint density at radius 2 is 2.20 bits per heavy atom. The number of halogens is 1. The fourth-order valence-electron chi connectivity index (χ4n) is 2.12. The van der Waals surface area contributed by atoms with Crippen molar-refractivity contribution in [3.8, 4) is 16.5 Å². The van der Waals surface area contributed by atoms with Gasteiger partial charge in [0.2, 0.25) is 11.7 Å². The minimum Gasteiger partial charge on any atom is -0.479 e. The van der Waals surface area contributed by atoms with Crippen LogP contribution in [0.25, 0.3) is 10.7 Å². The van der Waals surface area contributed by atoms with Crippen molar-refractivity contribution >= 4 is 28.8 Å². The Balaban J connectivity index is 1.58. The summed E-state index contributed by atoms with van der Waals surface area (Å²) in [6.45, 7) is 2.00. The van der Waals surface area contributed by atoms with Gasteiger partial charge in [0.25, 0.3) is 5.91 Å². The van der Waals surface area contributed by atoms with Crippen molar-refractivity contribution in [2.45, 2.75) is 26.0 Å². The summed E-state index contributed by atoms with van der Waals surface area (Å²) < 4.78 is 10.9. The van der Waals surface area contributed by atoms with E-state index in [1.165, 1.54) is 11.3 Å². The maximum absolute atomic E-state index is 12.3. The standard InChI is InChI=1S/C17H16ClN3O3S/c1-2-12(23-13-7-4-3-6-11(13)18)17(22)19-10-15-20-16(21-24-15)14-8-5-9-25-14/h3-9,12H,2,10H2,1H3,(H,19,22). The summed E-state index contributed by atoms with van der Waals surface area (Å²) in [6.07, 6.45) is -0.152. The first kappa shape index (κ1) is 17.4. The number of hydrogen-bond donors (Lipinski definition) is 1. The normalized spacial score (nSPS) is 11.9. The molecule has 2 heterocycles. The van der Waals surface area contributed by atoms with E-state index < -0.39 is 6.10 Å². The average molecular weight is 378 g/mol. The molecule has 0 radical (unpaired) electrons. The number of nitrogens with one attached hydrogen (secondary N) is 1. The minimum absolute atomic E-state index is 0.138. The highest BCUT2D eigenvalue weighted by molar-refractivity contribution is 7.13. The van der Waals surface area contributed by atoms with Gasteiger partial charge in [0.1, 0.15) is 5.75 Å². The number of nitrogens with zero attached hydrogens (tertiary/aromatic N) is 2. The van der Waals surface area contributed by atoms with Crippen LogP contribution in [0.5, 0.6) is 5.75 Å². The highest BCUT2D eigenvalue weighted by Crippen LogP contribution is 2.25. The molecule has 2 aromatic heterocycles. The lowest BCUT2D eigenvalue weighted by Gasteiger charge is -2.17. The molecule has 0 aliphatic heterocycles. The lowest BCUT2D eigenvalue weighted by molar-refractivity contribution is -0.128. The summed E-state index contributed by atoms with van der Waals surface area (Å²) in [5.74, 6) is 1.06. The Bertz CT molecular complexity index is 835. The molecule has 0 bridgehead atoms. The number of para-hydroxylation sites is 1. The summed E-state index contributed by atoms with van der Waals surface area (Å²) in [7, 11) is 0. The van der Waals surface area contributed by atoms with Crippen LogP contribution in [0.15, 0.2) is 46.3 Å². The molecule has 8 heteroatoms. The third-order valence-corrected chi connectivity index (χ3v) is 4.57. The van der Waals surface area contributed by atoms with Crippen LogP contribution >= 0.6 is 22.9 Å². The number of thiophene rings is 1. The van der Waals surface area contributed by atoms with Crippen LogP contribution in [0.4, 0.5) is 0 Å². The zero-order valence-electron chi connectivity index (χ0n) is 13.4. The number of aromatic nitrogens is 2. The van der Waals surface area contributed by atoms with Crippen LogP contribution in [0.2, 0.25) is 5.02 Å². The predicted octanol–water partition coefficient (Wildman–Crippen LogP) is 3.93. The van der Waals surface area contributed by atoms with Crippen molar-refractivity contribution in [1.29, 1.82) is 0 Å². The van der Waals surface area contributed by atoms with Crippen molar-refractivity contribution in [2.75, 3.05) is 0 Å². The molecule has 1 N–H and O–H groups in total. The SMILES string of the molecule is CCC(Oc1ccccc1Cl)C(=O)NCc1nc(-c2cccs2)no1. The minimum atomic E-state index is -0.653. The molecule has 0 saturated heterocycles. The fourth-order valence-corrected chi connectivity index (χ4v) is 2.95. The number of carbonyl (C=O) groups excluding carboxylic acids is 1. The van der Waals surface area contributed by atoms with Gasteiger partial charge >= 0.3 is 0 Å². The molecule has 0 aliphatic carbocycles. The third kappa shape index (κ3) is 4.37. The number of rotatable bonds is 7. The van der Waals surface area contributed by atoms with E-state index in [4.69, 9.17) is 20.9 Å². The number of carbonyl (C=O) groups is 1. The quantitative estimate of drug-likeness (QED) is 0.675. The number of benzene rings is 1. The molecule has 0 aliphatic rings. The summed E-state index contributed by atoms with van der Waals surface area (Å²) >= 11 is 7.59. The average Bonchev–Trinajstić information content (AvgIpc) is 3.30. The molecule has 1 unspecified atom stereocenters. The molecule has 1 amide bonds. The van der Waals surface area contributed by atoms with Crippen molar-refractivity contribution in [3.63, 3.8) is 0 Å². The molecule has 6 nitrogen and oxygen atoms in total. The third-order valence-electron chi connectivity index (χ3n) is 3.39. The Morgan fingerprint density at radius 3 is 2.92 bits per heavy atom. The molecule has 1 atom stereocenters.